The molecule has 0 spiro atoms. The van der Waals surface area contributed by atoms with Gasteiger partial charge in [0.05, 0.1) is 15.7 Å². The first-order valence-electron chi connectivity index (χ1n) is 5.19. The molecule has 0 heterocycles. The molecule has 0 saturated carbocycles. The summed E-state index contributed by atoms with van der Waals surface area (Å²) < 4.78 is 0.776. The molecule has 1 aromatic carbocycles. The molecule has 1 amide bonds. The second-order valence-electron chi connectivity index (χ2n) is 3.40. The SMILES string of the molecule is CCNCCC(=O)Nc1c(Cl)cc(Br)cc1Cl. The van der Waals surface area contributed by atoms with Crippen molar-refractivity contribution in [2.75, 3.05) is 18.4 Å². The van der Waals surface area contributed by atoms with Gasteiger partial charge in [0.25, 0.3) is 0 Å². The molecule has 1 aromatic rings. The highest BCUT2D eigenvalue weighted by molar-refractivity contribution is 9.10. The molecule has 0 saturated heterocycles. The van der Waals surface area contributed by atoms with Crippen LogP contribution in [-0.4, -0.2) is 19.0 Å². The van der Waals surface area contributed by atoms with Crippen LogP contribution >= 0.6 is 39.1 Å². The van der Waals surface area contributed by atoms with Crippen LogP contribution in [0.25, 0.3) is 0 Å². The smallest absolute Gasteiger partial charge is 0.225 e. The van der Waals surface area contributed by atoms with E-state index in [-0.39, 0.29) is 5.91 Å². The maximum absolute atomic E-state index is 11.6. The Balaban J connectivity index is 2.65. The van der Waals surface area contributed by atoms with Gasteiger partial charge in [-0.25, -0.2) is 0 Å². The number of hydrogen-bond acceptors (Lipinski definition) is 2. The van der Waals surface area contributed by atoms with Crippen molar-refractivity contribution < 1.29 is 4.79 Å². The van der Waals surface area contributed by atoms with E-state index in [9.17, 15) is 4.79 Å². The molecule has 0 bridgehead atoms. The van der Waals surface area contributed by atoms with Gasteiger partial charge in [0.15, 0.2) is 0 Å². The predicted octanol–water partition coefficient (Wildman–Crippen LogP) is 3.69. The number of amides is 1. The summed E-state index contributed by atoms with van der Waals surface area (Å²) in [6.07, 6.45) is 0.385. The van der Waals surface area contributed by atoms with E-state index in [1.54, 1.807) is 12.1 Å². The molecule has 0 aliphatic carbocycles. The average molecular weight is 340 g/mol. The van der Waals surface area contributed by atoms with E-state index in [1.165, 1.54) is 0 Å². The molecule has 6 heteroatoms. The first-order chi connectivity index (χ1) is 8.04. The lowest BCUT2D eigenvalue weighted by molar-refractivity contribution is -0.116. The number of benzene rings is 1. The molecule has 17 heavy (non-hydrogen) atoms. The largest absolute Gasteiger partial charge is 0.324 e. The van der Waals surface area contributed by atoms with Gasteiger partial charge in [-0.3, -0.25) is 4.79 Å². The minimum atomic E-state index is -0.114. The van der Waals surface area contributed by atoms with Gasteiger partial charge in [-0.2, -0.15) is 0 Å². The number of rotatable bonds is 5. The van der Waals surface area contributed by atoms with Crippen LogP contribution in [0.5, 0.6) is 0 Å². The summed E-state index contributed by atoms with van der Waals surface area (Å²) in [4.78, 5) is 11.6. The first kappa shape index (κ1) is 14.8. The van der Waals surface area contributed by atoms with Crippen LogP contribution in [0.3, 0.4) is 0 Å². The average Bonchev–Trinajstić information content (AvgIpc) is 2.24. The van der Waals surface area contributed by atoms with Crippen molar-refractivity contribution in [3.63, 3.8) is 0 Å². The van der Waals surface area contributed by atoms with E-state index in [0.717, 1.165) is 11.0 Å². The molecule has 0 fully saturated rings. The lowest BCUT2D eigenvalue weighted by atomic mass is 10.3. The van der Waals surface area contributed by atoms with Crippen molar-refractivity contribution in [3.05, 3.63) is 26.7 Å². The van der Waals surface area contributed by atoms with E-state index in [1.807, 2.05) is 6.92 Å². The summed E-state index contributed by atoms with van der Waals surface area (Å²) in [6, 6.07) is 3.38. The quantitative estimate of drug-likeness (QED) is 0.803. The molecule has 1 rings (SSSR count). The fraction of sp³-hybridized carbons (Fsp3) is 0.364. The first-order valence-corrected chi connectivity index (χ1v) is 6.74. The number of halogens is 3. The van der Waals surface area contributed by atoms with Crippen molar-refractivity contribution in [1.29, 1.82) is 0 Å². The lowest BCUT2D eigenvalue weighted by Crippen LogP contribution is -2.21. The Hall–Kier alpha value is -0.290. The summed E-state index contributed by atoms with van der Waals surface area (Å²) >= 11 is 15.3. The van der Waals surface area contributed by atoms with Crippen molar-refractivity contribution in [3.8, 4) is 0 Å². The van der Waals surface area contributed by atoms with Gasteiger partial charge < -0.3 is 10.6 Å². The fourth-order valence-electron chi connectivity index (χ4n) is 1.24. The van der Waals surface area contributed by atoms with Gasteiger partial charge in [0.1, 0.15) is 0 Å². The molecule has 0 atom stereocenters. The van der Waals surface area contributed by atoms with Crippen LogP contribution in [0.4, 0.5) is 5.69 Å². The monoisotopic (exact) mass is 338 g/mol. The highest BCUT2D eigenvalue weighted by Gasteiger charge is 2.10. The molecular weight excluding hydrogens is 327 g/mol. The standard InChI is InChI=1S/C11H13BrCl2N2O/c1-2-15-4-3-10(17)16-11-8(13)5-7(12)6-9(11)14/h5-6,15H,2-4H2,1H3,(H,16,17). The van der Waals surface area contributed by atoms with Gasteiger partial charge >= 0.3 is 0 Å². The van der Waals surface area contributed by atoms with Gasteiger partial charge in [0.2, 0.25) is 5.91 Å². The van der Waals surface area contributed by atoms with Gasteiger partial charge in [-0.05, 0) is 18.7 Å². The summed E-state index contributed by atoms with van der Waals surface area (Å²) in [5.41, 5.74) is 0.457. The zero-order chi connectivity index (χ0) is 12.8. The summed E-state index contributed by atoms with van der Waals surface area (Å²) in [5, 5.41) is 6.61. The second kappa shape index (κ2) is 7.21. The molecule has 0 aliphatic rings. The van der Waals surface area contributed by atoms with Crippen LogP contribution in [0, 0.1) is 0 Å². The minimum Gasteiger partial charge on any atom is -0.324 e. The van der Waals surface area contributed by atoms with Crippen molar-refractivity contribution in [2.24, 2.45) is 0 Å². The van der Waals surface area contributed by atoms with E-state index < -0.39 is 0 Å². The zero-order valence-electron chi connectivity index (χ0n) is 9.32. The Morgan fingerprint density at radius 1 is 1.35 bits per heavy atom. The van der Waals surface area contributed by atoms with Crippen LogP contribution in [-0.2, 0) is 4.79 Å². The topological polar surface area (TPSA) is 41.1 Å². The Morgan fingerprint density at radius 2 is 1.94 bits per heavy atom. The number of hydrogen-bond donors (Lipinski definition) is 2. The van der Waals surface area contributed by atoms with Crippen LogP contribution in [0.15, 0.2) is 16.6 Å². The molecule has 94 valence electrons. The van der Waals surface area contributed by atoms with E-state index in [4.69, 9.17) is 23.2 Å². The van der Waals surface area contributed by atoms with E-state index in [0.29, 0.717) is 28.7 Å². The highest BCUT2D eigenvalue weighted by atomic mass is 79.9. The summed E-state index contributed by atoms with van der Waals surface area (Å²) in [7, 11) is 0. The molecule has 0 radical (unpaired) electrons. The lowest BCUT2D eigenvalue weighted by Gasteiger charge is -2.10. The fourth-order valence-corrected chi connectivity index (χ4v) is 2.55. The van der Waals surface area contributed by atoms with Crippen LogP contribution in [0.2, 0.25) is 10.0 Å². The van der Waals surface area contributed by atoms with Gasteiger partial charge in [0, 0.05) is 17.4 Å². The number of nitrogens with one attached hydrogen (secondary N) is 2. The third-order valence-corrected chi connectivity index (χ3v) is 3.10. The molecule has 0 unspecified atom stereocenters. The molecule has 0 aliphatic heterocycles. The molecule has 3 nitrogen and oxygen atoms in total. The summed E-state index contributed by atoms with van der Waals surface area (Å²) in [5.74, 6) is -0.114. The number of carbonyl (C=O) groups excluding carboxylic acids is 1. The van der Waals surface area contributed by atoms with Gasteiger partial charge in [-0.15, -0.1) is 0 Å². The van der Waals surface area contributed by atoms with E-state index in [2.05, 4.69) is 26.6 Å². The minimum absolute atomic E-state index is 0.114. The van der Waals surface area contributed by atoms with Gasteiger partial charge in [-0.1, -0.05) is 46.1 Å². The third-order valence-electron chi connectivity index (χ3n) is 2.05. The number of carbonyl (C=O) groups is 1. The zero-order valence-corrected chi connectivity index (χ0v) is 12.4. The third kappa shape index (κ3) is 4.84. The normalized spacial score (nSPS) is 10.4. The molecule has 0 aromatic heterocycles. The van der Waals surface area contributed by atoms with E-state index >= 15 is 0 Å². The highest BCUT2D eigenvalue weighted by Crippen LogP contribution is 2.33. The van der Waals surface area contributed by atoms with Crippen molar-refractivity contribution in [2.45, 2.75) is 13.3 Å². The Kier molecular flexibility index (Phi) is 6.27. The Morgan fingerprint density at radius 3 is 2.47 bits per heavy atom. The maximum atomic E-state index is 11.6. The summed E-state index contributed by atoms with van der Waals surface area (Å²) in [6.45, 7) is 3.46. The number of anilines is 1. The van der Waals surface area contributed by atoms with Crippen molar-refractivity contribution >= 4 is 50.7 Å². The Labute approximate surface area is 119 Å². The predicted molar refractivity (Wildman–Crippen MR) is 76.0 cm³/mol. The molecular formula is C11H13BrCl2N2O. The Bertz CT molecular complexity index is 389. The second-order valence-corrected chi connectivity index (χ2v) is 5.13. The molecule has 2 N–H and O–H groups in total. The maximum Gasteiger partial charge on any atom is 0.225 e. The van der Waals surface area contributed by atoms with Crippen LogP contribution < -0.4 is 10.6 Å². The van der Waals surface area contributed by atoms with Crippen LogP contribution in [0.1, 0.15) is 13.3 Å². The van der Waals surface area contributed by atoms with Crippen molar-refractivity contribution in [1.82, 2.24) is 5.32 Å².